The van der Waals surface area contributed by atoms with E-state index in [0.29, 0.717) is 0 Å². The summed E-state index contributed by atoms with van der Waals surface area (Å²) < 4.78 is 0. The van der Waals surface area contributed by atoms with E-state index in [0.717, 1.165) is 6.42 Å². The lowest BCUT2D eigenvalue weighted by Gasteiger charge is -2.01. The van der Waals surface area contributed by atoms with Crippen LogP contribution in [0.3, 0.4) is 0 Å². The molecule has 0 spiro atoms. The van der Waals surface area contributed by atoms with Gasteiger partial charge in [-0.05, 0) is 29.7 Å². The van der Waals surface area contributed by atoms with Crippen molar-refractivity contribution in [2.45, 2.75) is 49.0 Å². The predicted octanol–water partition coefficient (Wildman–Crippen LogP) is 6.01. The highest BCUT2D eigenvalue weighted by Crippen LogP contribution is 2.17. The third-order valence-electron chi connectivity index (χ3n) is 2.47. The summed E-state index contributed by atoms with van der Waals surface area (Å²) in [4.78, 5) is 0. The second kappa shape index (κ2) is 8.81. The lowest BCUT2D eigenvalue weighted by atomic mass is 10.0. The molecule has 0 bridgehead atoms. The Balaban J connectivity index is 0. The van der Waals surface area contributed by atoms with Gasteiger partial charge in [0.1, 0.15) is 0 Å². The largest absolute Gasteiger partial charge is 0.0776 e. The van der Waals surface area contributed by atoms with Crippen molar-refractivity contribution < 1.29 is 0 Å². The van der Waals surface area contributed by atoms with Gasteiger partial charge in [0.05, 0.1) is 0 Å². The van der Waals surface area contributed by atoms with Gasteiger partial charge in [-0.1, -0.05) is 77.6 Å². The molecular weight excluding hydrogens is 204 g/mol. The molecule has 2 aromatic carbocycles. The van der Waals surface area contributed by atoms with Gasteiger partial charge in [-0.3, -0.25) is 0 Å². The fraction of sp³-hybridized carbons (Fsp3) is 0.412. The molecule has 17 heavy (non-hydrogen) atoms. The molecule has 0 fully saturated rings. The van der Waals surface area contributed by atoms with Crippen LogP contribution in [0.15, 0.2) is 36.4 Å². The van der Waals surface area contributed by atoms with Crippen LogP contribution >= 0.6 is 0 Å². The molecule has 0 atom stereocenters. The maximum atomic E-state index is 2.27. The Bertz CT molecular complexity index is 427. The van der Waals surface area contributed by atoms with Crippen LogP contribution in [0.25, 0.3) is 10.8 Å². The van der Waals surface area contributed by atoms with Gasteiger partial charge in [0.2, 0.25) is 0 Å². The first-order chi connectivity index (χ1) is 7.29. The van der Waals surface area contributed by atoms with Crippen molar-refractivity contribution in [1.82, 2.24) is 0 Å². The maximum absolute atomic E-state index is 2.27. The average molecular weight is 232 g/mol. The average Bonchev–Trinajstić information content (AvgIpc) is 2.31. The molecule has 0 N–H and O–H groups in total. The van der Waals surface area contributed by atoms with E-state index in [2.05, 4.69) is 50.2 Å². The SMILES string of the molecule is C.C.CC.CCc1ccc2cc(C)ccc2c1. The fourth-order valence-electron chi connectivity index (χ4n) is 1.63. The normalized spacial score (nSPS) is 8.47. The van der Waals surface area contributed by atoms with Gasteiger partial charge in [0.15, 0.2) is 0 Å². The lowest BCUT2D eigenvalue weighted by Crippen LogP contribution is -1.80. The van der Waals surface area contributed by atoms with Gasteiger partial charge >= 0.3 is 0 Å². The van der Waals surface area contributed by atoms with Crippen LogP contribution in [0.2, 0.25) is 0 Å². The molecule has 0 nitrogen and oxygen atoms in total. The van der Waals surface area contributed by atoms with Crippen LogP contribution in [-0.2, 0) is 6.42 Å². The van der Waals surface area contributed by atoms with Crippen LogP contribution in [-0.4, -0.2) is 0 Å². The van der Waals surface area contributed by atoms with E-state index < -0.39 is 0 Å². The van der Waals surface area contributed by atoms with E-state index in [4.69, 9.17) is 0 Å². The molecule has 0 heterocycles. The van der Waals surface area contributed by atoms with E-state index in [-0.39, 0.29) is 14.9 Å². The minimum atomic E-state index is 0. The second-order valence-corrected chi connectivity index (χ2v) is 3.54. The lowest BCUT2D eigenvalue weighted by molar-refractivity contribution is 1.15. The zero-order valence-electron chi connectivity index (χ0n) is 10.2. The number of aryl methyl sites for hydroxylation is 2. The Labute approximate surface area is 108 Å². The van der Waals surface area contributed by atoms with Gasteiger partial charge < -0.3 is 0 Å². The van der Waals surface area contributed by atoms with E-state index >= 15 is 0 Å². The molecule has 2 aromatic rings. The summed E-state index contributed by atoms with van der Waals surface area (Å²) in [5.74, 6) is 0. The molecular formula is C17H28. The summed E-state index contributed by atoms with van der Waals surface area (Å²) >= 11 is 0. The minimum absolute atomic E-state index is 0. The predicted molar refractivity (Wildman–Crippen MR) is 82.9 cm³/mol. The van der Waals surface area contributed by atoms with Crippen molar-refractivity contribution in [3.8, 4) is 0 Å². The summed E-state index contributed by atoms with van der Waals surface area (Å²) in [5, 5.41) is 2.70. The molecule has 0 aliphatic carbocycles. The molecule has 0 unspecified atom stereocenters. The van der Waals surface area contributed by atoms with Crippen LogP contribution in [0, 0.1) is 6.92 Å². The molecule has 0 aliphatic heterocycles. The number of benzene rings is 2. The molecule has 0 aromatic heterocycles. The highest BCUT2D eigenvalue weighted by molar-refractivity contribution is 5.83. The molecule has 0 aliphatic rings. The molecule has 0 heteroatoms. The van der Waals surface area contributed by atoms with Crippen molar-refractivity contribution in [2.75, 3.05) is 0 Å². The van der Waals surface area contributed by atoms with Crippen LogP contribution in [0.5, 0.6) is 0 Å². The van der Waals surface area contributed by atoms with E-state index in [1.54, 1.807) is 0 Å². The van der Waals surface area contributed by atoms with Crippen molar-refractivity contribution in [3.05, 3.63) is 47.5 Å². The molecule has 0 amide bonds. The third-order valence-corrected chi connectivity index (χ3v) is 2.47. The Morgan fingerprint density at radius 3 is 1.94 bits per heavy atom. The topological polar surface area (TPSA) is 0 Å². The number of hydrogen-bond donors (Lipinski definition) is 0. The number of rotatable bonds is 1. The highest BCUT2D eigenvalue weighted by Gasteiger charge is 1.94. The van der Waals surface area contributed by atoms with Gasteiger partial charge in [-0.2, -0.15) is 0 Å². The van der Waals surface area contributed by atoms with Gasteiger partial charge in [0, 0.05) is 0 Å². The Hall–Kier alpha value is -1.30. The Morgan fingerprint density at radius 1 is 0.824 bits per heavy atom. The summed E-state index contributed by atoms with van der Waals surface area (Å²) in [6.45, 7) is 8.32. The number of fused-ring (bicyclic) bond motifs is 1. The van der Waals surface area contributed by atoms with Crippen molar-refractivity contribution in [1.29, 1.82) is 0 Å². The number of hydrogen-bond acceptors (Lipinski definition) is 0. The van der Waals surface area contributed by atoms with Crippen molar-refractivity contribution in [3.63, 3.8) is 0 Å². The van der Waals surface area contributed by atoms with Crippen molar-refractivity contribution >= 4 is 10.8 Å². The minimum Gasteiger partial charge on any atom is -0.0776 e. The molecule has 0 saturated carbocycles. The first-order valence-electron chi connectivity index (χ1n) is 5.79. The molecule has 0 radical (unpaired) electrons. The van der Waals surface area contributed by atoms with Crippen LogP contribution < -0.4 is 0 Å². The second-order valence-electron chi connectivity index (χ2n) is 3.54. The smallest absolute Gasteiger partial charge is 0.0181 e. The van der Waals surface area contributed by atoms with Crippen molar-refractivity contribution in [2.24, 2.45) is 0 Å². The van der Waals surface area contributed by atoms with Gasteiger partial charge in [0.25, 0.3) is 0 Å². The molecule has 0 saturated heterocycles. The summed E-state index contributed by atoms with van der Waals surface area (Å²) in [5.41, 5.74) is 2.74. The standard InChI is InChI=1S/C13H14.C2H6.2CH4/c1-3-11-5-7-12-8-10(2)4-6-13(12)9-11;1-2;;/h4-9H,3H2,1-2H3;1-2H3;2*1H4. The first-order valence-corrected chi connectivity index (χ1v) is 5.79. The Kier molecular flexibility index (Phi) is 9.36. The molecule has 96 valence electrons. The van der Waals surface area contributed by atoms with E-state index in [9.17, 15) is 0 Å². The van der Waals surface area contributed by atoms with Gasteiger partial charge in [-0.25, -0.2) is 0 Å². The van der Waals surface area contributed by atoms with E-state index in [1.807, 2.05) is 13.8 Å². The Morgan fingerprint density at radius 2 is 1.35 bits per heavy atom. The third kappa shape index (κ3) is 4.60. The van der Waals surface area contributed by atoms with Crippen LogP contribution in [0.1, 0.15) is 46.8 Å². The van der Waals surface area contributed by atoms with E-state index in [1.165, 1.54) is 21.9 Å². The summed E-state index contributed by atoms with van der Waals surface area (Å²) in [6, 6.07) is 13.3. The molecule has 2 rings (SSSR count). The van der Waals surface area contributed by atoms with Gasteiger partial charge in [-0.15, -0.1) is 0 Å². The zero-order valence-corrected chi connectivity index (χ0v) is 10.2. The first kappa shape index (κ1) is 18.1. The monoisotopic (exact) mass is 232 g/mol. The fourth-order valence-corrected chi connectivity index (χ4v) is 1.63. The maximum Gasteiger partial charge on any atom is -0.0181 e. The zero-order chi connectivity index (χ0) is 11.3. The summed E-state index contributed by atoms with van der Waals surface area (Å²) in [7, 11) is 0. The highest BCUT2D eigenvalue weighted by atomic mass is 14.0. The quantitative estimate of drug-likeness (QED) is 0.565. The van der Waals surface area contributed by atoms with Crippen LogP contribution in [0.4, 0.5) is 0 Å². The summed E-state index contributed by atoms with van der Waals surface area (Å²) in [6.07, 6.45) is 1.11.